The molecule has 0 saturated heterocycles. The Labute approximate surface area is 114 Å². The lowest BCUT2D eigenvalue weighted by Crippen LogP contribution is -2.06. The molecule has 0 bridgehead atoms. The summed E-state index contributed by atoms with van der Waals surface area (Å²) in [6, 6.07) is 8.07. The first kappa shape index (κ1) is 13.6. The van der Waals surface area contributed by atoms with Gasteiger partial charge in [0.2, 0.25) is 0 Å². The molecule has 0 amide bonds. The van der Waals surface area contributed by atoms with Crippen molar-refractivity contribution < 1.29 is 4.74 Å². The molecular weight excluding hydrogens is 238 g/mol. The van der Waals surface area contributed by atoms with Gasteiger partial charge in [0, 0.05) is 11.3 Å². The van der Waals surface area contributed by atoms with Gasteiger partial charge in [0.1, 0.15) is 11.6 Å². The van der Waals surface area contributed by atoms with Crippen LogP contribution >= 0.6 is 0 Å². The average molecular weight is 259 g/mol. The van der Waals surface area contributed by atoms with Gasteiger partial charge >= 0.3 is 0 Å². The third kappa shape index (κ3) is 3.35. The first-order valence-corrected chi connectivity index (χ1v) is 6.57. The van der Waals surface area contributed by atoms with E-state index in [1.54, 1.807) is 0 Å². The number of hydrogen-bond donors (Lipinski definition) is 2. The van der Waals surface area contributed by atoms with Gasteiger partial charge in [-0.1, -0.05) is 0 Å². The van der Waals surface area contributed by atoms with Gasteiger partial charge in [0.15, 0.2) is 0 Å². The summed E-state index contributed by atoms with van der Waals surface area (Å²) >= 11 is 0. The summed E-state index contributed by atoms with van der Waals surface area (Å²) in [5.74, 6) is 1.85. The summed E-state index contributed by atoms with van der Waals surface area (Å²) in [6.45, 7) is 6.83. The van der Waals surface area contributed by atoms with Crippen LogP contribution in [0.5, 0.6) is 5.75 Å². The Bertz CT molecular complexity index is 529. The second-order valence-electron chi connectivity index (χ2n) is 4.88. The smallest absolute Gasteiger partial charge is 0.121 e. The monoisotopic (exact) mass is 259 g/mol. The van der Waals surface area contributed by atoms with Crippen LogP contribution in [0.4, 0.5) is 0 Å². The van der Waals surface area contributed by atoms with Crippen LogP contribution in [0.25, 0.3) is 11.3 Å². The van der Waals surface area contributed by atoms with E-state index in [0.717, 1.165) is 35.1 Å². The minimum atomic E-state index is 0.195. The molecule has 2 aromatic rings. The molecule has 4 nitrogen and oxygen atoms in total. The van der Waals surface area contributed by atoms with Crippen molar-refractivity contribution >= 4 is 0 Å². The number of aryl methyl sites for hydroxylation is 1. The number of rotatable bonds is 5. The zero-order valence-electron chi connectivity index (χ0n) is 11.9. The van der Waals surface area contributed by atoms with Crippen molar-refractivity contribution in [2.75, 3.05) is 7.05 Å². The molecule has 2 rings (SSSR count). The number of benzene rings is 1. The highest BCUT2D eigenvalue weighted by atomic mass is 16.5. The van der Waals surface area contributed by atoms with Gasteiger partial charge in [-0.25, -0.2) is 4.98 Å². The van der Waals surface area contributed by atoms with E-state index < -0.39 is 0 Å². The molecule has 0 aliphatic rings. The van der Waals surface area contributed by atoms with Crippen LogP contribution in [0.15, 0.2) is 24.3 Å². The number of hydrogen-bond acceptors (Lipinski definition) is 3. The number of aromatic amines is 1. The van der Waals surface area contributed by atoms with E-state index in [2.05, 4.69) is 15.3 Å². The molecule has 0 radical (unpaired) electrons. The Kier molecular flexibility index (Phi) is 4.22. The first-order valence-electron chi connectivity index (χ1n) is 6.57. The first-order chi connectivity index (χ1) is 9.10. The van der Waals surface area contributed by atoms with Gasteiger partial charge in [-0.05, 0) is 52.1 Å². The summed E-state index contributed by atoms with van der Waals surface area (Å²) in [5, 5.41) is 3.09. The van der Waals surface area contributed by atoms with Crippen molar-refractivity contribution in [3.63, 3.8) is 0 Å². The van der Waals surface area contributed by atoms with E-state index in [0.29, 0.717) is 0 Å². The van der Waals surface area contributed by atoms with E-state index in [1.165, 1.54) is 0 Å². The number of imidazole rings is 1. The van der Waals surface area contributed by atoms with Gasteiger partial charge in [-0.3, -0.25) is 0 Å². The van der Waals surface area contributed by atoms with Crippen molar-refractivity contribution in [1.29, 1.82) is 0 Å². The van der Waals surface area contributed by atoms with Gasteiger partial charge < -0.3 is 15.0 Å². The maximum Gasteiger partial charge on any atom is 0.121 e. The molecule has 0 fully saturated rings. The number of ether oxygens (including phenoxy) is 1. The average Bonchev–Trinajstić information content (AvgIpc) is 2.71. The molecule has 0 atom stereocenters. The molecule has 0 aliphatic carbocycles. The van der Waals surface area contributed by atoms with Crippen LogP contribution in [0.1, 0.15) is 25.4 Å². The van der Waals surface area contributed by atoms with Crippen LogP contribution < -0.4 is 10.1 Å². The lowest BCUT2D eigenvalue weighted by molar-refractivity contribution is 0.242. The summed E-state index contributed by atoms with van der Waals surface area (Å²) in [4.78, 5) is 7.89. The normalized spacial score (nSPS) is 11.0. The Morgan fingerprint density at radius 2 is 1.95 bits per heavy atom. The second-order valence-corrected chi connectivity index (χ2v) is 4.88. The molecule has 19 heavy (non-hydrogen) atoms. The lowest BCUT2D eigenvalue weighted by atomic mass is 10.1. The number of nitrogens with one attached hydrogen (secondary N) is 2. The molecule has 1 aromatic heterocycles. The highest BCUT2D eigenvalue weighted by Crippen LogP contribution is 2.24. The predicted octanol–water partition coefficient (Wildman–Crippen LogP) is 2.89. The zero-order valence-corrected chi connectivity index (χ0v) is 11.9. The highest BCUT2D eigenvalue weighted by molar-refractivity contribution is 5.62. The fraction of sp³-hybridized carbons (Fsp3) is 0.400. The number of nitrogens with zero attached hydrogens (tertiary/aromatic N) is 1. The van der Waals surface area contributed by atoms with Gasteiger partial charge in [-0.15, -0.1) is 0 Å². The minimum Gasteiger partial charge on any atom is -0.491 e. The molecule has 4 heteroatoms. The molecule has 0 spiro atoms. The van der Waals surface area contributed by atoms with E-state index >= 15 is 0 Å². The van der Waals surface area contributed by atoms with Crippen molar-refractivity contribution in [2.24, 2.45) is 0 Å². The summed E-state index contributed by atoms with van der Waals surface area (Å²) in [5.41, 5.74) is 3.19. The summed E-state index contributed by atoms with van der Waals surface area (Å²) in [7, 11) is 1.91. The lowest BCUT2D eigenvalue weighted by Gasteiger charge is -2.09. The SMILES string of the molecule is CNCc1nc(-c2ccc(OC(C)C)cc2)c(C)[nH]1. The Morgan fingerprint density at radius 3 is 2.53 bits per heavy atom. The Morgan fingerprint density at radius 1 is 1.26 bits per heavy atom. The largest absolute Gasteiger partial charge is 0.491 e. The van der Waals surface area contributed by atoms with Gasteiger partial charge in [0.05, 0.1) is 18.3 Å². The highest BCUT2D eigenvalue weighted by Gasteiger charge is 2.08. The standard InChI is InChI=1S/C15H21N3O/c1-10(2)19-13-7-5-12(6-8-13)15-11(3)17-14(18-15)9-16-4/h5-8,10,16H,9H2,1-4H3,(H,17,18). The fourth-order valence-corrected chi connectivity index (χ4v) is 2.02. The molecule has 1 heterocycles. The third-order valence-electron chi connectivity index (χ3n) is 2.78. The summed E-state index contributed by atoms with van der Waals surface area (Å²) in [6.07, 6.45) is 0.195. The van der Waals surface area contributed by atoms with E-state index in [9.17, 15) is 0 Å². The van der Waals surface area contributed by atoms with E-state index in [4.69, 9.17) is 4.74 Å². The second kappa shape index (κ2) is 5.89. The quantitative estimate of drug-likeness (QED) is 0.868. The number of H-pyrrole nitrogens is 1. The Balaban J connectivity index is 2.21. The van der Waals surface area contributed by atoms with E-state index in [-0.39, 0.29) is 6.10 Å². The van der Waals surface area contributed by atoms with Crippen molar-refractivity contribution in [3.8, 4) is 17.0 Å². The molecule has 102 valence electrons. The maximum atomic E-state index is 5.64. The molecular formula is C15H21N3O. The van der Waals surface area contributed by atoms with Crippen molar-refractivity contribution in [2.45, 2.75) is 33.4 Å². The molecule has 0 saturated carbocycles. The molecule has 1 aromatic carbocycles. The van der Waals surface area contributed by atoms with Crippen molar-refractivity contribution in [3.05, 3.63) is 35.8 Å². The number of aromatic nitrogens is 2. The third-order valence-corrected chi connectivity index (χ3v) is 2.78. The van der Waals surface area contributed by atoms with Crippen molar-refractivity contribution in [1.82, 2.24) is 15.3 Å². The predicted molar refractivity (Wildman–Crippen MR) is 77.3 cm³/mol. The maximum absolute atomic E-state index is 5.64. The molecule has 0 unspecified atom stereocenters. The molecule has 0 aliphatic heterocycles. The summed E-state index contributed by atoms with van der Waals surface area (Å²) < 4.78 is 5.64. The topological polar surface area (TPSA) is 49.9 Å². The van der Waals surface area contributed by atoms with E-state index in [1.807, 2.05) is 52.1 Å². The van der Waals surface area contributed by atoms with Crippen LogP contribution in [-0.4, -0.2) is 23.1 Å². The van der Waals surface area contributed by atoms with Crippen LogP contribution in [0, 0.1) is 6.92 Å². The van der Waals surface area contributed by atoms with Gasteiger partial charge in [-0.2, -0.15) is 0 Å². The Hall–Kier alpha value is -1.81. The minimum absolute atomic E-state index is 0.195. The zero-order chi connectivity index (χ0) is 13.8. The van der Waals surface area contributed by atoms with Crippen LogP contribution in [-0.2, 0) is 6.54 Å². The van der Waals surface area contributed by atoms with Crippen LogP contribution in [0.2, 0.25) is 0 Å². The van der Waals surface area contributed by atoms with Gasteiger partial charge in [0.25, 0.3) is 0 Å². The fourth-order valence-electron chi connectivity index (χ4n) is 2.02. The van der Waals surface area contributed by atoms with Crippen LogP contribution in [0.3, 0.4) is 0 Å². The molecule has 2 N–H and O–H groups in total.